The Bertz CT molecular complexity index is 657. The van der Waals surface area contributed by atoms with Crippen molar-refractivity contribution in [1.82, 2.24) is 4.98 Å². The summed E-state index contributed by atoms with van der Waals surface area (Å²) in [4.78, 5) is 15.5. The van der Waals surface area contributed by atoms with Crippen LogP contribution in [0.15, 0.2) is 41.2 Å². The number of carbonyl (C=O) groups is 1. The molecule has 2 N–H and O–H groups in total. The van der Waals surface area contributed by atoms with Crippen LogP contribution in [0.3, 0.4) is 0 Å². The summed E-state index contributed by atoms with van der Waals surface area (Å²) in [7, 11) is 0. The lowest BCUT2D eigenvalue weighted by molar-refractivity contribution is 0.100. The number of carbonyl (C=O) groups excluding carboxylic acids is 1. The van der Waals surface area contributed by atoms with E-state index in [2.05, 4.69) is 4.98 Å². The van der Waals surface area contributed by atoms with E-state index in [0.717, 1.165) is 22.2 Å². The number of rotatable bonds is 1. The van der Waals surface area contributed by atoms with Gasteiger partial charge in [0.05, 0.1) is 17.5 Å². The fourth-order valence-electron chi connectivity index (χ4n) is 1.79. The third-order valence-corrected chi connectivity index (χ3v) is 2.58. The molecule has 3 rings (SSSR count). The first-order chi connectivity index (χ1) is 7.75. The maximum atomic E-state index is 11.1. The van der Waals surface area contributed by atoms with Gasteiger partial charge in [0, 0.05) is 16.5 Å². The van der Waals surface area contributed by atoms with Crippen molar-refractivity contribution in [2.24, 2.45) is 5.73 Å². The fraction of sp³-hybridized carbons (Fsp3) is 0. The molecular weight excluding hydrogens is 204 g/mol. The molecule has 2 heterocycles. The van der Waals surface area contributed by atoms with E-state index in [1.54, 1.807) is 36.8 Å². The van der Waals surface area contributed by atoms with Gasteiger partial charge >= 0.3 is 0 Å². The van der Waals surface area contributed by atoms with Crippen LogP contribution in [0, 0.1) is 0 Å². The van der Waals surface area contributed by atoms with Crippen molar-refractivity contribution < 1.29 is 9.21 Å². The van der Waals surface area contributed by atoms with Crippen molar-refractivity contribution in [3.8, 4) is 11.3 Å². The fourth-order valence-corrected chi connectivity index (χ4v) is 1.79. The van der Waals surface area contributed by atoms with Crippen molar-refractivity contribution >= 4 is 16.8 Å². The van der Waals surface area contributed by atoms with E-state index in [1.807, 2.05) is 0 Å². The molecule has 0 saturated heterocycles. The summed E-state index contributed by atoms with van der Waals surface area (Å²) in [5, 5.41) is 0.885. The molecule has 2 aliphatic rings. The molecule has 0 aliphatic carbocycles. The Kier molecular flexibility index (Phi) is 1.71. The third kappa shape index (κ3) is 1.16. The van der Waals surface area contributed by atoms with E-state index in [1.165, 1.54) is 0 Å². The van der Waals surface area contributed by atoms with Gasteiger partial charge in [0.15, 0.2) is 0 Å². The average Bonchev–Trinajstić information content (AvgIpc) is 2.66. The van der Waals surface area contributed by atoms with Crippen LogP contribution in [0.5, 0.6) is 0 Å². The van der Waals surface area contributed by atoms with Crippen molar-refractivity contribution in [1.29, 1.82) is 0 Å². The molecule has 16 heavy (non-hydrogen) atoms. The van der Waals surface area contributed by atoms with Crippen molar-refractivity contribution in [2.75, 3.05) is 0 Å². The molecule has 1 amide bonds. The van der Waals surface area contributed by atoms with Gasteiger partial charge in [-0.3, -0.25) is 4.79 Å². The maximum Gasteiger partial charge on any atom is 0.248 e. The standard InChI is InChI=1S/C12H8N2O2/c13-12(15)7-1-2-10-8(5-7)9-6-16-4-3-11(9)14-10/h1-6H,(H2,13,15). The molecule has 0 atom stereocenters. The predicted octanol–water partition coefficient (Wildman–Crippen LogP) is 2.03. The summed E-state index contributed by atoms with van der Waals surface area (Å²) in [5.74, 6) is -0.441. The number of hydrogen-bond donors (Lipinski definition) is 1. The molecular formula is C12H8N2O2. The number of amides is 1. The van der Waals surface area contributed by atoms with Crippen LogP contribution in [0.4, 0.5) is 0 Å². The van der Waals surface area contributed by atoms with Gasteiger partial charge in [-0.25, -0.2) is 4.98 Å². The molecule has 0 radical (unpaired) electrons. The van der Waals surface area contributed by atoms with Gasteiger partial charge in [0.2, 0.25) is 5.91 Å². The lowest BCUT2D eigenvalue weighted by atomic mass is 10.1. The molecule has 78 valence electrons. The number of primary amides is 1. The first-order valence-electron chi connectivity index (χ1n) is 4.81. The zero-order chi connectivity index (χ0) is 11.1. The normalized spacial score (nSPS) is 11.0. The quantitative estimate of drug-likeness (QED) is 0.671. The molecule has 4 heteroatoms. The third-order valence-electron chi connectivity index (χ3n) is 2.58. The summed E-state index contributed by atoms with van der Waals surface area (Å²) < 4.78 is 5.10. The van der Waals surface area contributed by atoms with E-state index >= 15 is 0 Å². The highest BCUT2D eigenvalue weighted by Gasteiger charge is 2.13. The van der Waals surface area contributed by atoms with Gasteiger partial charge in [0.25, 0.3) is 0 Å². The van der Waals surface area contributed by atoms with Gasteiger partial charge in [0.1, 0.15) is 6.26 Å². The summed E-state index contributed by atoms with van der Waals surface area (Å²) in [6.45, 7) is 0. The van der Waals surface area contributed by atoms with E-state index in [9.17, 15) is 4.79 Å². The molecule has 2 aliphatic heterocycles. The lowest BCUT2D eigenvalue weighted by Gasteiger charge is -1.96. The van der Waals surface area contributed by atoms with Crippen molar-refractivity contribution in [2.45, 2.75) is 0 Å². The topological polar surface area (TPSA) is 69.1 Å². The molecule has 1 aromatic carbocycles. The van der Waals surface area contributed by atoms with E-state index in [0.29, 0.717) is 5.56 Å². The van der Waals surface area contributed by atoms with Crippen LogP contribution in [0.2, 0.25) is 0 Å². The summed E-state index contributed by atoms with van der Waals surface area (Å²) in [6, 6.07) is 6.99. The minimum Gasteiger partial charge on any atom is -0.472 e. The number of hydrogen-bond acceptors (Lipinski definition) is 3. The zero-order valence-electron chi connectivity index (χ0n) is 8.31. The molecule has 0 unspecified atom stereocenters. The number of benzene rings is 1. The first kappa shape index (κ1) is 8.91. The van der Waals surface area contributed by atoms with E-state index in [-0.39, 0.29) is 0 Å². The van der Waals surface area contributed by atoms with Gasteiger partial charge in [-0.15, -0.1) is 0 Å². The second kappa shape index (κ2) is 3.06. The van der Waals surface area contributed by atoms with Gasteiger partial charge in [-0.2, -0.15) is 0 Å². The highest BCUT2D eigenvalue weighted by Crippen LogP contribution is 2.30. The molecule has 0 saturated carbocycles. The Balaban J connectivity index is 2.39. The summed E-state index contributed by atoms with van der Waals surface area (Å²) in [5.41, 5.74) is 8.29. The van der Waals surface area contributed by atoms with Crippen molar-refractivity contribution in [3.05, 3.63) is 42.4 Å². The van der Waals surface area contributed by atoms with E-state index < -0.39 is 5.91 Å². The Morgan fingerprint density at radius 3 is 3.00 bits per heavy atom. The average molecular weight is 212 g/mol. The largest absolute Gasteiger partial charge is 0.472 e. The van der Waals surface area contributed by atoms with E-state index in [4.69, 9.17) is 10.2 Å². The Labute approximate surface area is 91.0 Å². The second-order valence-corrected chi connectivity index (χ2v) is 3.56. The summed E-state index contributed by atoms with van der Waals surface area (Å²) in [6.07, 6.45) is 3.19. The van der Waals surface area contributed by atoms with Gasteiger partial charge < -0.3 is 10.2 Å². The first-order valence-corrected chi connectivity index (χ1v) is 4.81. The lowest BCUT2D eigenvalue weighted by Crippen LogP contribution is -2.10. The molecule has 1 aromatic rings. The second-order valence-electron chi connectivity index (χ2n) is 3.56. The number of fused-ring (bicyclic) bond motifs is 3. The highest BCUT2D eigenvalue weighted by atomic mass is 16.3. The van der Waals surface area contributed by atoms with Crippen LogP contribution < -0.4 is 5.73 Å². The maximum absolute atomic E-state index is 11.1. The number of aromatic nitrogens is 1. The molecule has 0 spiro atoms. The zero-order valence-corrected chi connectivity index (χ0v) is 8.31. The van der Waals surface area contributed by atoms with Crippen LogP contribution >= 0.6 is 0 Å². The van der Waals surface area contributed by atoms with Crippen LogP contribution in [-0.4, -0.2) is 10.9 Å². The molecule has 0 aromatic heterocycles. The summed E-state index contributed by atoms with van der Waals surface area (Å²) >= 11 is 0. The minimum absolute atomic E-state index is 0.441. The minimum atomic E-state index is -0.441. The Morgan fingerprint density at radius 1 is 1.31 bits per heavy atom. The SMILES string of the molecule is NC(=O)c1ccc2nc3ccocc-3c2c1. The Morgan fingerprint density at radius 2 is 2.19 bits per heavy atom. The number of nitrogens with two attached hydrogens (primary N) is 1. The Hall–Kier alpha value is -2.36. The van der Waals surface area contributed by atoms with Gasteiger partial charge in [-0.1, -0.05) is 0 Å². The smallest absolute Gasteiger partial charge is 0.248 e. The predicted molar refractivity (Wildman–Crippen MR) is 59.1 cm³/mol. The van der Waals surface area contributed by atoms with Crippen molar-refractivity contribution in [3.63, 3.8) is 0 Å². The highest BCUT2D eigenvalue weighted by molar-refractivity contribution is 6.02. The molecule has 0 bridgehead atoms. The molecule has 0 fully saturated rings. The monoisotopic (exact) mass is 212 g/mol. The van der Waals surface area contributed by atoms with Crippen LogP contribution in [0.25, 0.3) is 22.2 Å². The van der Waals surface area contributed by atoms with Gasteiger partial charge in [-0.05, 0) is 24.3 Å². The number of nitrogens with zero attached hydrogens (tertiary/aromatic N) is 1. The van der Waals surface area contributed by atoms with Crippen LogP contribution in [0.1, 0.15) is 10.4 Å². The molecule has 4 nitrogen and oxygen atoms in total. The van der Waals surface area contributed by atoms with Crippen LogP contribution in [-0.2, 0) is 0 Å².